The lowest BCUT2D eigenvalue weighted by atomic mass is 10.0. The molecule has 0 rings (SSSR count). The molecule has 0 fully saturated rings. The molecular weight excluding hydrogens is 468 g/mol. The first-order valence-corrected chi connectivity index (χ1v) is 9.81. The summed E-state index contributed by atoms with van der Waals surface area (Å²) in [6, 6.07) is -2.58. The SMILES string of the molecule is CC(=O)N[C@@H](C=O)[C@@H](O)[C@H](O)[C@H](O)CO.N[C@@H](C=O)[C@@H](O)[C@H](O)[C@H](O)CO.O=S(=O)(O)O. The van der Waals surface area contributed by atoms with E-state index in [9.17, 15) is 24.6 Å². The van der Waals surface area contributed by atoms with Crippen LogP contribution in [0, 0.1) is 0 Å². The van der Waals surface area contributed by atoms with Crippen molar-refractivity contribution in [3.63, 3.8) is 0 Å². The zero-order valence-electron chi connectivity index (χ0n) is 16.7. The van der Waals surface area contributed by atoms with Gasteiger partial charge in [-0.1, -0.05) is 0 Å². The van der Waals surface area contributed by atoms with Crippen molar-refractivity contribution in [2.75, 3.05) is 13.2 Å². The van der Waals surface area contributed by atoms with Crippen LogP contribution in [0.4, 0.5) is 0 Å². The number of aliphatic hydroxyl groups is 8. The summed E-state index contributed by atoms with van der Waals surface area (Å²) in [6.45, 7) is -0.328. The third-order valence-electron chi connectivity index (χ3n) is 3.30. The van der Waals surface area contributed by atoms with E-state index >= 15 is 0 Å². The molecular formula is C14H30N2O15S. The normalized spacial score (nSPS) is 18.5. The van der Waals surface area contributed by atoms with Crippen LogP contribution in [0.5, 0.6) is 0 Å². The Balaban J connectivity index is -0.000000441. The van der Waals surface area contributed by atoms with E-state index in [1.165, 1.54) is 0 Å². The fraction of sp³-hybridized carbons (Fsp3) is 0.786. The van der Waals surface area contributed by atoms with Gasteiger partial charge in [0.25, 0.3) is 0 Å². The van der Waals surface area contributed by atoms with Crippen LogP contribution >= 0.6 is 0 Å². The molecule has 0 radical (unpaired) electrons. The van der Waals surface area contributed by atoms with Crippen LogP contribution in [-0.2, 0) is 24.8 Å². The highest BCUT2D eigenvalue weighted by Gasteiger charge is 2.31. The molecule has 1 amide bonds. The van der Waals surface area contributed by atoms with Gasteiger partial charge in [0, 0.05) is 6.92 Å². The average molecular weight is 498 g/mol. The monoisotopic (exact) mass is 498 g/mol. The summed E-state index contributed by atoms with van der Waals surface area (Å²) in [6.07, 6.45) is -9.15. The van der Waals surface area contributed by atoms with Gasteiger partial charge in [-0.25, -0.2) is 0 Å². The van der Waals surface area contributed by atoms with Gasteiger partial charge in [-0.05, 0) is 0 Å². The van der Waals surface area contributed by atoms with Gasteiger partial charge in [0.15, 0.2) is 0 Å². The summed E-state index contributed by atoms with van der Waals surface area (Å²) < 4.78 is 31.6. The van der Waals surface area contributed by atoms with Gasteiger partial charge in [-0.15, -0.1) is 0 Å². The Morgan fingerprint density at radius 3 is 1.44 bits per heavy atom. The minimum absolute atomic E-state index is 0.235. The number of nitrogens with one attached hydrogen (secondary N) is 1. The minimum Gasteiger partial charge on any atom is -0.394 e. The van der Waals surface area contributed by atoms with Gasteiger partial charge in [-0.2, -0.15) is 8.42 Å². The average Bonchev–Trinajstić information content (AvgIpc) is 2.72. The van der Waals surface area contributed by atoms with E-state index in [2.05, 4.69) is 5.32 Å². The van der Waals surface area contributed by atoms with E-state index in [0.717, 1.165) is 6.92 Å². The quantitative estimate of drug-likeness (QED) is 0.0929. The molecule has 8 atom stereocenters. The van der Waals surface area contributed by atoms with Crippen molar-refractivity contribution in [3.8, 4) is 0 Å². The first-order chi connectivity index (χ1) is 14.5. The number of nitrogens with two attached hydrogens (primary N) is 1. The minimum atomic E-state index is -4.67. The highest BCUT2D eigenvalue weighted by atomic mass is 32.3. The number of aldehydes is 2. The summed E-state index contributed by atoms with van der Waals surface area (Å²) in [5.41, 5.74) is 5.04. The van der Waals surface area contributed by atoms with Gasteiger partial charge >= 0.3 is 10.4 Å². The Morgan fingerprint density at radius 2 is 1.19 bits per heavy atom. The van der Waals surface area contributed by atoms with Crippen molar-refractivity contribution in [2.24, 2.45) is 5.73 Å². The molecule has 0 heterocycles. The molecule has 0 aliphatic heterocycles. The topological polar surface area (TPSA) is 326 Å². The van der Waals surface area contributed by atoms with Crippen LogP contribution in [0.2, 0.25) is 0 Å². The Morgan fingerprint density at radius 1 is 0.844 bits per heavy atom. The van der Waals surface area contributed by atoms with Crippen LogP contribution in [0.15, 0.2) is 0 Å². The number of amides is 1. The molecule has 0 aromatic carbocycles. The van der Waals surface area contributed by atoms with E-state index in [1.807, 2.05) is 0 Å². The Labute approximate surface area is 182 Å². The third-order valence-corrected chi connectivity index (χ3v) is 3.30. The van der Waals surface area contributed by atoms with Gasteiger partial charge in [-0.3, -0.25) is 13.9 Å². The fourth-order valence-electron chi connectivity index (χ4n) is 1.63. The molecule has 0 aliphatic rings. The summed E-state index contributed by atoms with van der Waals surface area (Å²) in [5.74, 6) is -0.558. The van der Waals surface area contributed by atoms with Crippen LogP contribution in [0.3, 0.4) is 0 Å². The lowest BCUT2D eigenvalue weighted by molar-refractivity contribution is -0.129. The van der Waals surface area contributed by atoms with E-state index in [-0.39, 0.29) is 12.6 Å². The first-order valence-electron chi connectivity index (χ1n) is 8.41. The zero-order valence-corrected chi connectivity index (χ0v) is 17.5. The molecule has 32 heavy (non-hydrogen) atoms. The molecule has 18 heteroatoms. The predicted molar refractivity (Wildman–Crippen MR) is 102 cm³/mol. The Bertz CT molecular complexity index is 626. The molecule has 0 saturated carbocycles. The van der Waals surface area contributed by atoms with Crippen molar-refractivity contribution < 1.29 is 72.8 Å². The second-order valence-corrected chi connectivity index (χ2v) is 6.88. The van der Waals surface area contributed by atoms with Crippen LogP contribution < -0.4 is 11.1 Å². The number of aliphatic hydroxyl groups excluding tert-OH is 8. The molecule has 0 saturated heterocycles. The molecule has 13 N–H and O–H groups in total. The van der Waals surface area contributed by atoms with E-state index in [1.54, 1.807) is 0 Å². The summed E-state index contributed by atoms with van der Waals surface area (Å²) in [7, 11) is -4.67. The van der Waals surface area contributed by atoms with Gasteiger partial charge < -0.3 is 61.5 Å². The van der Waals surface area contributed by atoms with E-state index in [0.29, 0.717) is 0 Å². The number of hydrogen-bond acceptors (Lipinski definition) is 14. The maximum Gasteiger partial charge on any atom is 0.394 e. The Kier molecular flexibility index (Phi) is 19.5. The number of carbonyl (C=O) groups is 3. The lowest BCUT2D eigenvalue weighted by Crippen LogP contribution is -2.53. The van der Waals surface area contributed by atoms with Gasteiger partial charge in [0.2, 0.25) is 5.91 Å². The van der Waals surface area contributed by atoms with Crippen molar-refractivity contribution in [3.05, 3.63) is 0 Å². The maximum absolute atomic E-state index is 10.6. The van der Waals surface area contributed by atoms with Crippen LogP contribution in [0.1, 0.15) is 6.92 Å². The van der Waals surface area contributed by atoms with Crippen molar-refractivity contribution in [1.82, 2.24) is 5.32 Å². The highest BCUT2D eigenvalue weighted by Crippen LogP contribution is 2.04. The second-order valence-electron chi connectivity index (χ2n) is 5.99. The largest absolute Gasteiger partial charge is 0.394 e. The molecule has 0 unspecified atom stereocenters. The van der Waals surface area contributed by atoms with E-state index < -0.39 is 78.2 Å². The molecule has 192 valence electrons. The standard InChI is InChI=1S/C8H15NO6.C6H13NO5.H2O4S/c1-4(12)9-5(2-10)7(14)8(15)6(13)3-11;7-3(1-8)5(11)6(12)4(10)2-9;1-5(2,3)4/h2,5-8,11,13-15H,3H2,1H3,(H,9,12);1,3-6,9-12H,2,7H2;(H2,1,2,3,4)/t5-,6+,7+,8+;3-,4+,5+,6+;/m00./s1. The maximum atomic E-state index is 10.6. The number of carbonyl (C=O) groups excluding carboxylic acids is 3. The fourth-order valence-corrected chi connectivity index (χ4v) is 1.63. The highest BCUT2D eigenvalue weighted by molar-refractivity contribution is 7.79. The predicted octanol–water partition coefficient (Wildman–Crippen LogP) is -7.30. The summed E-state index contributed by atoms with van der Waals surface area (Å²) in [4.78, 5) is 31.1. The number of hydrogen-bond donors (Lipinski definition) is 12. The Hall–Kier alpha value is -1.68. The van der Waals surface area contributed by atoms with Crippen molar-refractivity contribution >= 4 is 28.9 Å². The van der Waals surface area contributed by atoms with Gasteiger partial charge in [0.1, 0.15) is 55.2 Å². The third kappa shape index (κ3) is 17.9. The molecule has 0 spiro atoms. The van der Waals surface area contributed by atoms with E-state index in [4.69, 9.17) is 53.9 Å². The molecule has 17 nitrogen and oxygen atoms in total. The van der Waals surface area contributed by atoms with Crippen molar-refractivity contribution in [1.29, 1.82) is 0 Å². The smallest absolute Gasteiger partial charge is 0.394 e. The second kappa shape index (κ2) is 17.8. The zero-order chi connectivity index (χ0) is 26.2. The van der Waals surface area contributed by atoms with Crippen molar-refractivity contribution in [2.45, 2.75) is 55.6 Å². The summed E-state index contributed by atoms with van der Waals surface area (Å²) in [5, 5.41) is 73.3. The molecule has 0 bridgehead atoms. The van der Waals surface area contributed by atoms with Crippen LogP contribution in [-0.4, -0.2) is 139 Å². The molecule has 0 aliphatic carbocycles. The van der Waals surface area contributed by atoms with Gasteiger partial charge in [0.05, 0.1) is 19.3 Å². The van der Waals surface area contributed by atoms with Crippen LogP contribution in [0.25, 0.3) is 0 Å². The first kappa shape index (κ1) is 34.9. The lowest BCUT2D eigenvalue weighted by Gasteiger charge is -2.25. The number of rotatable bonds is 11. The molecule has 0 aromatic rings. The summed E-state index contributed by atoms with van der Waals surface area (Å²) >= 11 is 0. The molecule has 0 aromatic heterocycles.